The van der Waals surface area contributed by atoms with Crippen molar-refractivity contribution < 1.29 is 14.3 Å². The summed E-state index contributed by atoms with van der Waals surface area (Å²) in [5, 5.41) is 0. The number of allylic oxidation sites excluding steroid dienone is 2. The van der Waals surface area contributed by atoms with Crippen LogP contribution in [0.2, 0.25) is 0 Å². The van der Waals surface area contributed by atoms with E-state index in [0.29, 0.717) is 18.2 Å². The lowest BCUT2D eigenvalue weighted by molar-refractivity contribution is -0.119. The molecule has 1 atom stereocenters. The average Bonchev–Trinajstić information content (AvgIpc) is 2.58. The van der Waals surface area contributed by atoms with E-state index >= 15 is 0 Å². The summed E-state index contributed by atoms with van der Waals surface area (Å²) < 4.78 is 11.0. The van der Waals surface area contributed by atoms with Crippen LogP contribution >= 0.6 is 0 Å². The lowest BCUT2D eigenvalue weighted by Gasteiger charge is -2.48. The van der Waals surface area contributed by atoms with E-state index in [1.165, 1.54) is 16.8 Å². The van der Waals surface area contributed by atoms with Crippen molar-refractivity contribution in [3.05, 3.63) is 34.5 Å². The van der Waals surface area contributed by atoms with Gasteiger partial charge in [0.05, 0.1) is 20.3 Å². The van der Waals surface area contributed by atoms with Crippen LogP contribution in [-0.4, -0.2) is 31.4 Å². The second kappa shape index (κ2) is 5.79. The Labute approximate surface area is 149 Å². The SMILES string of the molecule is COc1cc2c(cc1OC)[C@H]1CCC3=C(CC(C)(C)CC3=O)N1CC2. The number of ketones is 1. The first kappa shape index (κ1) is 16.5. The fourth-order valence-electron chi connectivity index (χ4n) is 4.83. The summed E-state index contributed by atoms with van der Waals surface area (Å²) in [5.74, 6) is 1.96. The van der Waals surface area contributed by atoms with Gasteiger partial charge >= 0.3 is 0 Å². The Morgan fingerprint density at radius 2 is 1.80 bits per heavy atom. The van der Waals surface area contributed by atoms with Crippen molar-refractivity contribution in [3.8, 4) is 11.5 Å². The predicted molar refractivity (Wildman–Crippen MR) is 97.0 cm³/mol. The smallest absolute Gasteiger partial charge is 0.161 e. The Balaban J connectivity index is 1.76. The zero-order chi connectivity index (χ0) is 17.8. The molecule has 0 bridgehead atoms. The van der Waals surface area contributed by atoms with E-state index in [0.717, 1.165) is 49.3 Å². The van der Waals surface area contributed by atoms with Crippen molar-refractivity contribution in [3.63, 3.8) is 0 Å². The second-order valence-electron chi connectivity index (χ2n) is 8.27. The molecule has 0 saturated heterocycles. The van der Waals surface area contributed by atoms with Gasteiger partial charge in [0.1, 0.15) is 0 Å². The highest BCUT2D eigenvalue weighted by Crippen LogP contribution is 2.49. The maximum atomic E-state index is 12.6. The maximum absolute atomic E-state index is 12.6. The molecular weight excluding hydrogens is 314 g/mol. The van der Waals surface area contributed by atoms with Crippen LogP contribution in [0.1, 0.15) is 56.7 Å². The van der Waals surface area contributed by atoms with Crippen LogP contribution in [0.15, 0.2) is 23.4 Å². The summed E-state index contributed by atoms with van der Waals surface area (Å²) in [7, 11) is 3.38. The predicted octanol–water partition coefficient (Wildman–Crippen LogP) is 4.04. The average molecular weight is 341 g/mol. The molecule has 134 valence electrons. The molecule has 0 fully saturated rings. The van der Waals surface area contributed by atoms with Gasteiger partial charge in [-0.3, -0.25) is 4.79 Å². The van der Waals surface area contributed by atoms with Crippen LogP contribution in [0.4, 0.5) is 0 Å². The normalized spacial score (nSPS) is 24.4. The summed E-state index contributed by atoms with van der Waals surface area (Å²) in [6, 6.07) is 4.63. The summed E-state index contributed by atoms with van der Waals surface area (Å²) >= 11 is 0. The molecule has 1 aromatic carbocycles. The molecule has 1 aromatic rings. The van der Waals surface area contributed by atoms with Crippen molar-refractivity contribution in [2.75, 3.05) is 20.8 Å². The van der Waals surface area contributed by atoms with Gasteiger partial charge in [-0.15, -0.1) is 0 Å². The minimum Gasteiger partial charge on any atom is -0.493 e. The van der Waals surface area contributed by atoms with Crippen LogP contribution in [-0.2, 0) is 11.2 Å². The van der Waals surface area contributed by atoms with Gasteiger partial charge < -0.3 is 14.4 Å². The number of nitrogens with zero attached hydrogens (tertiary/aromatic N) is 1. The summed E-state index contributed by atoms with van der Waals surface area (Å²) in [6.07, 6.45) is 4.59. The second-order valence-corrected chi connectivity index (χ2v) is 8.27. The minimum absolute atomic E-state index is 0.0652. The molecular formula is C21H27NO3. The number of carbonyl (C=O) groups is 1. The molecule has 0 aromatic heterocycles. The van der Waals surface area contributed by atoms with Crippen LogP contribution in [0, 0.1) is 5.41 Å². The molecule has 3 aliphatic rings. The number of Topliss-reactive ketones (excluding diaryl/α,β-unsaturated/α-hetero) is 1. The fraction of sp³-hybridized carbons (Fsp3) is 0.571. The largest absolute Gasteiger partial charge is 0.493 e. The maximum Gasteiger partial charge on any atom is 0.161 e. The van der Waals surface area contributed by atoms with Crippen molar-refractivity contribution >= 4 is 5.78 Å². The number of methoxy groups -OCH3 is 2. The van der Waals surface area contributed by atoms with E-state index in [1.807, 2.05) is 0 Å². The lowest BCUT2D eigenvalue weighted by Crippen LogP contribution is -2.42. The Hall–Kier alpha value is -1.97. The molecule has 2 heterocycles. The molecule has 0 unspecified atom stereocenters. The number of hydrogen-bond donors (Lipinski definition) is 0. The lowest BCUT2D eigenvalue weighted by atomic mass is 9.71. The topological polar surface area (TPSA) is 38.8 Å². The van der Waals surface area contributed by atoms with E-state index < -0.39 is 0 Å². The van der Waals surface area contributed by atoms with Crippen molar-refractivity contribution in [1.29, 1.82) is 0 Å². The van der Waals surface area contributed by atoms with Gasteiger partial charge in [0, 0.05) is 24.2 Å². The highest BCUT2D eigenvalue weighted by Gasteiger charge is 2.41. The van der Waals surface area contributed by atoms with Crippen LogP contribution in [0.25, 0.3) is 0 Å². The molecule has 0 N–H and O–H groups in total. The Kier molecular flexibility index (Phi) is 3.82. The fourth-order valence-corrected chi connectivity index (χ4v) is 4.83. The van der Waals surface area contributed by atoms with E-state index in [1.54, 1.807) is 14.2 Å². The molecule has 0 amide bonds. The van der Waals surface area contributed by atoms with Crippen molar-refractivity contribution in [1.82, 2.24) is 4.90 Å². The third kappa shape index (κ3) is 2.62. The summed E-state index contributed by atoms with van der Waals surface area (Å²) in [6.45, 7) is 5.41. The van der Waals surface area contributed by atoms with Gasteiger partial charge in [-0.2, -0.15) is 0 Å². The first-order valence-corrected chi connectivity index (χ1v) is 9.20. The van der Waals surface area contributed by atoms with Gasteiger partial charge in [0.15, 0.2) is 17.3 Å². The highest BCUT2D eigenvalue weighted by atomic mass is 16.5. The standard InChI is InChI=1S/C21H27NO3/c1-21(2)11-17-14(18(23)12-21)5-6-16-15-10-20(25-4)19(24-3)9-13(15)7-8-22(16)17/h9-10,16H,5-8,11-12H2,1-4H3/t16-/m1/s1. The van der Waals surface area contributed by atoms with Gasteiger partial charge in [0.25, 0.3) is 0 Å². The molecule has 1 aliphatic carbocycles. The van der Waals surface area contributed by atoms with Gasteiger partial charge in [-0.05, 0) is 54.4 Å². The van der Waals surface area contributed by atoms with E-state index in [9.17, 15) is 4.79 Å². The summed E-state index contributed by atoms with van der Waals surface area (Å²) in [4.78, 5) is 15.1. The number of rotatable bonds is 2. The first-order chi connectivity index (χ1) is 11.9. The molecule has 4 rings (SSSR count). The Bertz CT molecular complexity index is 763. The third-order valence-corrected chi connectivity index (χ3v) is 5.99. The van der Waals surface area contributed by atoms with E-state index in [4.69, 9.17) is 9.47 Å². The number of carbonyl (C=O) groups excluding carboxylic acids is 1. The Morgan fingerprint density at radius 1 is 1.08 bits per heavy atom. The van der Waals surface area contributed by atoms with Crippen molar-refractivity contribution in [2.24, 2.45) is 5.41 Å². The van der Waals surface area contributed by atoms with Crippen LogP contribution < -0.4 is 9.47 Å². The molecule has 4 heteroatoms. The Morgan fingerprint density at radius 3 is 2.52 bits per heavy atom. The van der Waals surface area contributed by atoms with Gasteiger partial charge in [-0.1, -0.05) is 13.8 Å². The molecule has 0 saturated carbocycles. The van der Waals surface area contributed by atoms with E-state index in [-0.39, 0.29) is 5.41 Å². The monoisotopic (exact) mass is 341 g/mol. The number of ether oxygens (including phenoxy) is 2. The number of hydrogen-bond acceptors (Lipinski definition) is 4. The van der Waals surface area contributed by atoms with Gasteiger partial charge in [-0.25, -0.2) is 0 Å². The first-order valence-electron chi connectivity index (χ1n) is 9.20. The molecule has 0 spiro atoms. The quantitative estimate of drug-likeness (QED) is 0.814. The van der Waals surface area contributed by atoms with E-state index in [2.05, 4.69) is 30.9 Å². The van der Waals surface area contributed by atoms with Gasteiger partial charge in [0.2, 0.25) is 0 Å². The highest BCUT2D eigenvalue weighted by molar-refractivity contribution is 5.97. The molecule has 25 heavy (non-hydrogen) atoms. The summed E-state index contributed by atoms with van der Waals surface area (Å²) in [5.41, 5.74) is 5.16. The zero-order valence-corrected chi connectivity index (χ0v) is 15.6. The van der Waals surface area contributed by atoms with Crippen molar-refractivity contribution in [2.45, 2.75) is 52.0 Å². The molecule has 4 nitrogen and oxygen atoms in total. The van der Waals surface area contributed by atoms with Crippen LogP contribution in [0.5, 0.6) is 11.5 Å². The number of benzene rings is 1. The molecule has 0 radical (unpaired) electrons. The third-order valence-electron chi connectivity index (χ3n) is 5.99. The molecule has 2 aliphatic heterocycles. The zero-order valence-electron chi connectivity index (χ0n) is 15.6. The minimum atomic E-state index is 0.0652. The van der Waals surface area contributed by atoms with Crippen LogP contribution in [0.3, 0.4) is 0 Å². The number of fused-ring (bicyclic) bond motifs is 4.